The van der Waals surface area contributed by atoms with Crippen LogP contribution in [0.2, 0.25) is 0 Å². The summed E-state index contributed by atoms with van der Waals surface area (Å²) in [5.74, 6) is -1.92. The van der Waals surface area contributed by atoms with Crippen molar-refractivity contribution in [2.24, 2.45) is 23.2 Å². The number of carbonyl (C=O) groups excluding carboxylic acids is 2. The highest BCUT2D eigenvalue weighted by Gasteiger charge is 2.54. The molecule has 0 radical (unpaired) electrons. The second kappa shape index (κ2) is 10.9. The van der Waals surface area contributed by atoms with Gasteiger partial charge in [-0.15, -0.1) is 17.9 Å². The van der Waals surface area contributed by atoms with E-state index in [1.165, 1.54) is 23.5 Å². The van der Waals surface area contributed by atoms with Gasteiger partial charge in [0.25, 0.3) is 0 Å². The van der Waals surface area contributed by atoms with Crippen molar-refractivity contribution in [3.63, 3.8) is 0 Å². The van der Waals surface area contributed by atoms with E-state index in [0.717, 1.165) is 29.8 Å². The zero-order valence-electron chi connectivity index (χ0n) is 22.4. The maximum atomic E-state index is 13.0. The largest absolute Gasteiger partial charge is 0.392 e. The fourth-order valence-corrected chi connectivity index (χ4v) is 8.89. The summed E-state index contributed by atoms with van der Waals surface area (Å²) < 4.78 is 25.2. The Kier molecular flexibility index (Phi) is 8.16. The number of amides is 2. The summed E-state index contributed by atoms with van der Waals surface area (Å²) in [6.07, 6.45) is 3.38. The maximum absolute atomic E-state index is 13.0. The van der Waals surface area contributed by atoms with Crippen molar-refractivity contribution in [1.82, 2.24) is 9.88 Å². The third kappa shape index (κ3) is 5.44. The molecular weight excluding hydrogens is 522 g/mol. The molecule has 1 aromatic carbocycles. The van der Waals surface area contributed by atoms with E-state index in [0.29, 0.717) is 11.7 Å². The van der Waals surface area contributed by atoms with Crippen LogP contribution < -0.4 is 5.32 Å². The fourth-order valence-electron chi connectivity index (χ4n) is 6.45. The van der Waals surface area contributed by atoms with Gasteiger partial charge in [-0.05, 0) is 48.6 Å². The van der Waals surface area contributed by atoms with Crippen molar-refractivity contribution in [2.45, 2.75) is 57.0 Å². The summed E-state index contributed by atoms with van der Waals surface area (Å²) in [4.78, 5) is 33.1. The predicted octanol–water partition coefficient (Wildman–Crippen LogP) is 3.89. The average Bonchev–Trinajstić information content (AvgIpc) is 3.25. The Morgan fingerprint density at radius 3 is 2.68 bits per heavy atom. The van der Waals surface area contributed by atoms with Gasteiger partial charge in [0.2, 0.25) is 11.8 Å². The lowest BCUT2D eigenvalue weighted by molar-refractivity contribution is -0.143. The molecule has 1 fully saturated rings. The maximum Gasteiger partial charge on any atom is 0.241 e. The van der Waals surface area contributed by atoms with Crippen LogP contribution in [0, 0.1) is 23.2 Å². The minimum absolute atomic E-state index is 0.00539. The zero-order valence-corrected chi connectivity index (χ0v) is 24.0. The van der Waals surface area contributed by atoms with Crippen molar-refractivity contribution >= 4 is 38.1 Å². The standard InChI is InChI=1S/C28H37N3O5S2/c1-6-14-31(5)26(34)17(2)20-12-13-28(4)15-21-24(18(3)23(28)25(20)33)30-27(37-21)29-22(32)16-38(35,36)19-10-8-7-9-11-19/h6-11,17-18,20,23,25,33H,1,12-16H2,2-5H3,(H,29,30,32)/t17-,18-,20+,23+,25-,28-/m0/s1. The number of aliphatic hydroxyl groups excluding tert-OH is 1. The number of anilines is 1. The van der Waals surface area contributed by atoms with E-state index in [2.05, 4.69) is 23.8 Å². The van der Waals surface area contributed by atoms with E-state index in [4.69, 9.17) is 0 Å². The van der Waals surface area contributed by atoms with Gasteiger partial charge < -0.3 is 15.3 Å². The molecule has 8 nitrogen and oxygen atoms in total. The summed E-state index contributed by atoms with van der Waals surface area (Å²) in [7, 11) is -2.01. The van der Waals surface area contributed by atoms with Gasteiger partial charge in [0.1, 0.15) is 5.75 Å². The van der Waals surface area contributed by atoms with E-state index in [-0.39, 0.29) is 39.9 Å². The number of aliphatic hydroxyl groups is 1. The molecule has 2 aliphatic carbocycles. The Morgan fingerprint density at radius 1 is 1.34 bits per heavy atom. The lowest BCUT2D eigenvalue weighted by Crippen LogP contribution is -2.53. The van der Waals surface area contributed by atoms with Crippen molar-refractivity contribution < 1.29 is 23.1 Å². The Labute approximate surface area is 229 Å². The Balaban J connectivity index is 1.50. The van der Waals surface area contributed by atoms with Crippen LogP contribution in [0.3, 0.4) is 0 Å². The molecule has 0 aliphatic heterocycles. The van der Waals surface area contributed by atoms with Gasteiger partial charge in [-0.1, -0.05) is 45.0 Å². The topological polar surface area (TPSA) is 117 Å². The summed E-state index contributed by atoms with van der Waals surface area (Å²) in [5, 5.41) is 14.7. The molecule has 0 unspecified atom stereocenters. The number of fused-ring (bicyclic) bond motifs is 2. The minimum atomic E-state index is -3.76. The Bertz CT molecular complexity index is 1310. The highest BCUT2D eigenvalue weighted by molar-refractivity contribution is 7.92. The van der Waals surface area contributed by atoms with Gasteiger partial charge >= 0.3 is 0 Å². The van der Waals surface area contributed by atoms with Crippen LogP contribution in [0.15, 0.2) is 47.9 Å². The summed E-state index contributed by atoms with van der Waals surface area (Å²) >= 11 is 1.38. The van der Waals surface area contributed by atoms with Crippen LogP contribution in [-0.4, -0.2) is 60.7 Å². The van der Waals surface area contributed by atoms with Gasteiger partial charge in [0.15, 0.2) is 15.0 Å². The third-order valence-corrected chi connectivity index (χ3v) is 11.0. The van der Waals surface area contributed by atoms with Gasteiger partial charge in [0.05, 0.1) is 16.7 Å². The molecule has 2 amide bonds. The Hall–Kier alpha value is -2.56. The van der Waals surface area contributed by atoms with Crippen LogP contribution in [0.1, 0.15) is 50.1 Å². The first kappa shape index (κ1) is 28.4. The number of hydrogen-bond acceptors (Lipinski definition) is 7. The molecular formula is C28H37N3O5S2. The van der Waals surface area contributed by atoms with Gasteiger partial charge in [-0.25, -0.2) is 13.4 Å². The predicted molar refractivity (Wildman–Crippen MR) is 149 cm³/mol. The van der Waals surface area contributed by atoms with Gasteiger partial charge in [-0.2, -0.15) is 0 Å². The number of likely N-dealkylation sites (N-methyl/N-ethyl adjacent to an activating group) is 1. The van der Waals surface area contributed by atoms with Crippen LogP contribution >= 0.6 is 11.3 Å². The van der Waals surface area contributed by atoms with Crippen molar-refractivity contribution in [3.05, 3.63) is 53.6 Å². The summed E-state index contributed by atoms with van der Waals surface area (Å²) in [5.41, 5.74) is 0.670. The zero-order chi connectivity index (χ0) is 27.8. The quantitative estimate of drug-likeness (QED) is 0.474. The molecule has 1 aromatic heterocycles. The summed E-state index contributed by atoms with van der Waals surface area (Å²) in [6.45, 7) is 10.3. The normalized spacial score (nSPS) is 27.5. The van der Waals surface area contributed by atoms with E-state index in [1.807, 2.05) is 13.8 Å². The van der Waals surface area contributed by atoms with Gasteiger partial charge in [0, 0.05) is 30.3 Å². The average molecular weight is 560 g/mol. The first-order chi connectivity index (χ1) is 17.9. The molecule has 0 bridgehead atoms. The molecule has 2 N–H and O–H groups in total. The van der Waals surface area contributed by atoms with Crippen molar-refractivity contribution in [1.29, 1.82) is 0 Å². The van der Waals surface area contributed by atoms with Crippen LogP contribution in [0.5, 0.6) is 0 Å². The smallest absolute Gasteiger partial charge is 0.241 e. The van der Waals surface area contributed by atoms with E-state index < -0.39 is 27.6 Å². The van der Waals surface area contributed by atoms with Crippen molar-refractivity contribution in [2.75, 3.05) is 24.7 Å². The third-order valence-electron chi connectivity index (χ3n) is 8.40. The molecule has 206 valence electrons. The number of benzene rings is 1. The first-order valence-electron chi connectivity index (χ1n) is 13.0. The molecule has 38 heavy (non-hydrogen) atoms. The second-order valence-electron chi connectivity index (χ2n) is 11.1. The molecule has 1 heterocycles. The number of carbonyl (C=O) groups is 2. The molecule has 2 aromatic rings. The van der Waals surface area contributed by atoms with Crippen molar-refractivity contribution in [3.8, 4) is 0 Å². The number of rotatable bonds is 8. The number of hydrogen-bond donors (Lipinski definition) is 2. The number of thiazole rings is 1. The number of nitrogens with zero attached hydrogens (tertiary/aromatic N) is 2. The molecule has 10 heteroatoms. The number of sulfone groups is 1. The Morgan fingerprint density at radius 2 is 2.03 bits per heavy atom. The van der Waals surface area contributed by atoms with Crippen LogP contribution in [-0.2, 0) is 25.8 Å². The van der Waals surface area contributed by atoms with Crippen LogP contribution in [0.25, 0.3) is 0 Å². The summed E-state index contributed by atoms with van der Waals surface area (Å²) in [6, 6.07) is 7.91. The second-order valence-corrected chi connectivity index (χ2v) is 14.2. The number of aromatic nitrogens is 1. The lowest BCUT2D eigenvalue weighted by atomic mass is 9.53. The minimum Gasteiger partial charge on any atom is -0.392 e. The monoisotopic (exact) mass is 559 g/mol. The first-order valence-corrected chi connectivity index (χ1v) is 15.5. The van der Waals surface area contributed by atoms with E-state index in [1.54, 1.807) is 36.2 Å². The number of nitrogens with one attached hydrogen (secondary N) is 1. The van der Waals surface area contributed by atoms with E-state index >= 15 is 0 Å². The molecule has 0 spiro atoms. The van der Waals surface area contributed by atoms with E-state index in [9.17, 15) is 23.1 Å². The molecule has 0 saturated heterocycles. The van der Waals surface area contributed by atoms with Crippen LogP contribution in [0.4, 0.5) is 5.13 Å². The van der Waals surface area contributed by atoms with Gasteiger partial charge in [-0.3, -0.25) is 9.59 Å². The highest BCUT2D eigenvalue weighted by atomic mass is 32.2. The molecule has 2 aliphatic rings. The lowest BCUT2D eigenvalue weighted by Gasteiger charge is -2.53. The molecule has 1 saturated carbocycles. The fraction of sp³-hybridized carbons (Fsp3) is 0.536. The molecule has 6 atom stereocenters. The highest BCUT2D eigenvalue weighted by Crippen LogP contribution is 2.57. The SMILES string of the molecule is C=CCN(C)C(=O)[C@@H](C)[C@H]1CC[C@@]2(C)Cc3sc(NC(=O)CS(=O)(=O)c4ccccc4)nc3[C@@H](C)[C@@H]2[C@H]1O. The molecule has 4 rings (SSSR count).